The van der Waals surface area contributed by atoms with Crippen molar-refractivity contribution in [2.24, 2.45) is 11.8 Å². The lowest BCUT2D eigenvalue weighted by Gasteiger charge is -2.33. The molecule has 5 atom stereocenters. The second kappa shape index (κ2) is 8.14. The first-order chi connectivity index (χ1) is 17.8. The maximum atomic E-state index is 14.0. The van der Waals surface area contributed by atoms with Gasteiger partial charge in [0.1, 0.15) is 11.4 Å². The molecule has 3 fully saturated rings. The van der Waals surface area contributed by atoms with E-state index in [1.807, 2.05) is 6.07 Å². The molecule has 3 heterocycles. The first kappa shape index (κ1) is 23.2. The Morgan fingerprint density at radius 1 is 1.00 bits per heavy atom. The summed E-state index contributed by atoms with van der Waals surface area (Å²) in [6.07, 6.45) is -0.373. The predicted molar refractivity (Wildman–Crippen MR) is 132 cm³/mol. The molecule has 2 unspecified atom stereocenters. The number of hydrogen-bond acceptors (Lipinski definition) is 7. The fourth-order valence-corrected chi connectivity index (χ4v) is 6.40. The van der Waals surface area contributed by atoms with Gasteiger partial charge in [-0.05, 0) is 43.3 Å². The van der Waals surface area contributed by atoms with Gasteiger partial charge in [-0.3, -0.25) is 9.59 Å². The number of amides is 2. The van der Waals surface area contributed by atoms with Gasteiger partial charge in [-0.2, -0.15) is 10.5 Å². The van der Waals surface area contributed by atoms with E-state index in [-0.39, 0.29) is 18.9 Å². The molecule has 0 aliphatic carbocycles. The lowest BCUT2D eigenvalue weighted by Crippen LogP contribution is -2.49. The van der Waals surface area contributed by atoms with Gasteiger partial charge < -0.3 is 14.6 Å². The minimum atomic E-state index is -1.19. The zero-order valence-corrected chi connectivity index (χ0v) is 20.0. The molecule has 8 nitrogen and oxygen atoms in total. The van der Waals surface area contributed by atoms with Gasteiger partial charge in [-0.1, -0.05) is 24.3 Å². The number of ether oxygens (including phenoxy) is 2. The fourth-order valence-electron chi connectivity index (χ4n) is 6.40. The Labute approximate surface area is 213 Å². The number of benzene rings is 3. The first-order valence-corrected chi connectivity index (χ1v) is 12.1. The number of fused-ring (bicyclic) bond motifs is 6. The number of rotatable bonds is 5. The summed E-state index contributed by atoms with van der Waals surface area (Å²) in [5.41, 5.74) is -0.826. The Hall–Kier alpha value is -4.24. The van der Waals surface area contributed by atoms with E-state index >= 15 is 0 Å². The van der Waals surface area contributed by atoms with E-state index in [0.717, 1.165) is 0 Å². The Morgan fingerprint density at radius 2 is 1.70 bits per heavy atom. The number of aliphatic hydroxyl groups is 1. The molecule has 3 saturated heterocycles. The van der Waals surface area contributed by atoms with Gasteiger partial charge in [0.15, 0.2) is 0 Å². The van der Waals surface area contributed by atoms with Crippen LogP contribution >= 0.6 is 0 Å². The molecule has 1 N–H and O–H groups in total. The number of nitrogens with zero attached hydrogens (tertiary/aromatic N) is 3. The van der Waals surface area contributed by atoms with Gasteiger partial charge in [0.05, 0.1) is 59.1 Å². The van der Waals surface area contributed by atoms with Crippen LogP contribution in [0, 0.1) is 34.5 Å². The second-order valence-corrected chi connectivity index (χ2v) is 10.1. The molecule has 6 rings (SSSR count). The smallest absolute Gasteiger partial charge is 0.240 e. The van der Waals surface area contributed by atoms with Gasteiger partial charge in [0, 0.05) is 23.6 Å². The van der Waals surface area contributed by atoms with Gasteiger partial charge >= 0.3 is 0 Å². The zero-order chi connectivity index (χ0) is 25.9. The summed E-state index contributed by atoms with van der Waals surface area (Å²) in [6.45, 7) is 1.91. The van der Waals surface area contributed by atoms with Crippen molar-refractivity contribution < 1.29 is 24.2 Å². The minimum absolute atomic E-state index is 0.208. The van der Waals surface area contributed by atoms with Crippen molar-refractivity contribution in [2.45, 2.75) is 37.1 Å². The third kappa shape index (κ3) is 3.20. The number of nitriles is 2. The Bertz CT molecular complexity index is 1540. The van der Waals surface area contributed by atoms with Crippen molar-refractivity contribution in [3.8, 4) is 17.9 Å². The van der Waals surface area contributed by atoms with Crippen LogP contribution in [0.5, 0.6) is 5.75 Å². The van der Waals surface area contributed by atoms with Crippen molar-refractivity contribution in [2.75, 3.05) is 11.5 Å². The van der Waals surface area contributed by atoms with E-state index < -0.39 is 35.0 Å². The van der Waals surface area contributed by atoms with Crippen molar-refractivity contribution >= 4 is 28.3 Å². The summed E-state index contributed by atoms with van der Waals surface area (Å²) in [5.74, 6) is -1.77. The molecule has 3 aromatic rings. The van der Waals surface area contributed by atoms with Gasteiger partial charge in [-0.15, -0.1) is 0 Å². The molecule has 0 saturated carbocycles. The predicted octanol–water partition coefficient (Wildman–Crippen LogP) is 3.45. The lowest BCUT2D eigenvalue weighted by molar-refractivity contribution is -0.134. The number of carbonyl (C=O) groups is 2. The van der Waals surface area contributed by atoms with Crippen LogP contribution in [-0.4, -0.2) is 40.8 Å². The topological polar surface area (TPSA) is 124 Å². The quantitative estimate of drug-likeness (QED) is 0.540. The van der Waals surface area contributed by atoms with E-state index in [2.05, 4.69) is 12.1 Å². The molecule has 0 aromatic heterocycles. The van der Waals surface area contributed by atoms with E-state index in [9.17, 15) is 20.0 Å². The lowest BCUT2D eigenvalue weighted by atomic mass is 9.66. The molecule has 3 aliphatic heterocycles. The summed E-state index contributed by atoms with van der Waals surface area (Å²) in [5, 5.41) is 30.8. The standard InChI is InChI=1S/C29H23N3O5/c1-28-23(33)14-29(37-28,12-13-36-19-9-6-17(15-30)7-10-19)25-24(28)26(34)32(27(25)35)22-11-8-18(16-31)20-4-2-3-5-21(20)22/h2-11,23-25,33H,12-14H2,1H3/t23-,24-,25+,28?,29?/m0/s1. The third-order valence-electron chi connectivity index (χ3n) is 8.15. The number of aliphatic hydroxyl groups excluding tert-OH is 1. The van der Waals surface area contributed by atoms with E-state index in [4.69, 9.17) is 14.7 Å². The van der Waals surface area contributed by atoms with E-state index in [0.29, 0.717) is 39.8 Å². The molecule has 2 bridgehead atoms. The fraction of sp³-hybridized carbons (Fsp3) is 0.310. The monoisotopic (exact) mass is 493 g/mol. The number of imide groups is 1. The molecular formula is C29H23N3O5. The molecule has 0 spiro atoms. The summed E-state index contributed by atoms with van der Waals surface area (Å²) in [6, 6.07) is 21.4. The van der Waals surface area contributed by atoms with Crippen LogP contribution in [-0.2, 0) is 14.3 Å². The van der Waals surface area contributed by atoms with E-state index in [1.54, 1.807) is 61.5 Å². The Morgan fingerprint density at radius 3 is 2.41 bits per heavy atom. The molecule has 0 radical (unpaired) electrons. The SMILES string of the molecule is CC12OC(CCOc3ccc(C#N)cc3)(C[C@@H]1O)[C@H]1C(=O)N(c3ccc(C#N)c4ccccc34)C(=O)[C@H]12. The van der Waals surface area contributed by atoms with Crippen molar-refractivity contribution in [3.63, 3.8) is 0 Å². The van der Waals surface area contributed by atoms with Crippen molar-refractivity contribution in [1.29, 1.82) is 10.5 Å². The van der Waals surface area contributed by atoms with Crippen LogP contribution in [0.1, 0.15) is 30.9 Å². The Kier molecular flexibility index (Phi) is 5.10. The van der Waals surface area contributed by atoms with Crippen LogP contribution in [0.2, 0.25) is 0 Å². The van der Waals surface area contributed by atoms with Crippen LogP contribution in [0.4, 0.5) is 5.69 Å². The zero-order valence-electron chi connectivity index (χ0n) is 20.0. The molecule has 2 amide bonds. The van der Waals surface area contributed by atoms with E-state index in [1.165, 1.54) is 4.90 Å². The molecular weight excluding hydrogens is 470 g/mol. The molecule has 3 aliphatic rings. The van der Waals surface area contributed by atoms with Gasteiger partial charge in [0.2, 0.25) is 11.8 Å². The van der Waals surface area contributed by atoms with Crippen LogP contribution in [0.15, 0.2) is 60.7 Å². The molecule has 8 heteroatoms. The largest absolute Gasteiger partial charge is 0.493 e. The Balaban J connectivity index is 1.34. The number of carbonyl (C=O) groups excluding carboxylic acids is 2. The second-order valence-electron chi connectivity index (χ2n) is 10.1. The third-order valence-corrected chi connectivity index (χ3v) is 8.15. The average molecular weight is 494 g/mol. The van der Waals surface area contributed by atoms with Crippen LogP contribution in [0.25, 0.3) is 10.8 Å². The highest BCUT2D eigenvalue weighted by Crippen LogP contribution is 2.62. The number of hydrogen-bond donors (Lipinski definition) is 1. The molecule has 37 heavy (non-hydrogen) atoms. The highest BCUT2D eigenvalue weighted by atomic mass is 16.6. The molecule has 184 valence electrons. The van der Waals surface area contributed by atoms with Crippen molar-refractivity contribution in [3.05, 3.63) is 71.8 Å². The summed E-state index contributed by atoms with van der Waals surface area (Å²) < 4.78 is 12.2. The highest BCUT2D eigenvalue weighted by molar-refractivity contribution is 6.26. The van der Waals surface area contributed by atoms with Crippen LogP contribution in [0.3, 0.4) is 0 Å². The molecule has 3 aromatic carbocycles. The number of anilines is 1. The van der Waals surface area contributed by atoms with Gasteiger partial charge in [-0.25, -0.2) is 4.90 Å². The summed E-state index contributed by atoms with van der Waals surface area (Å²) >= 11 is 0. The maximum absolute atomic E-state index is 14.0. The van der Waals surface area contributed by atoms with Crippen LogP contribution < -0.4 is 9.64 Å². The minimum Gasteiger partial charge on any atom is -0.493 e. The summed E-state index contributed by atoms with van der Waals surface area (Å²) in [7, 11) is 0. The van der Waals surface area contributed by atoms with Gasteiger partial charge in [0.25, 0.3) is 0 Å². The average Bonchev–Trinajstić information content (AvgIpc) is 3.44. The highest BCUT2D eigenvalue weighted by Gasteiger charge is 2.77. The summed E-state index contributed by atoms with van der Waals surface area (Å²) in [4.78, 5) is 29.0. The van der Waals surface area contributed by atoms with Crippen molar-refractivity contribution in [1.82, 2.24) is 0 Å². The first-order valence-electron chi connectivity index (χ1n) is 12.1. The normalized spacial score (nSPS) is 29.8. The maximum Gasteiger partial charge on any atom is 0.240 e.